The van der Waals surface area contributed by atoms with Crippen molar-refractivity contribution in [3.8, 4) is 5.75 Å². The maximum Gasteiger partial charge on any atom is 0.335 e. The molecule has 3 aliphatic rings. The van der Waals surface area contributed by atoms with E-state index in [1.807, 2.05) is 72.8 Å². The van der Waals surface area contributed by atoms with Gasteiger partial charge in [0.25, 0.3) is 11.8 Å². The van der Waals surface area contributed by atoms with Crippen LogP contribution in [0, 0.1) is 0 Å². The molecule has 1 fully saturated rings. The highest BCUT2D eigenvalue weighted by atomic mass is 35.5. The van der Waals surface area contributed by atoms with E-state index in [4.69, 9.17) is 16.3 Å². The zero-order chi connectivity index (χ0) is 36.8. The number of urea groups is 1. The Kier molecular flexibility index (Phi) is 8.72. The largest absolute Gasteiger partial charge is 0.488 e. The van der Waals surface area contributed by atoms with Crippen LogP contribution < -0.4 is 19.9 Å². The van der Waals surface area contributed by atoms with E-state index in [0.717, 1.165) is 58.3 Å². The van der Waals surface area contributed by atoms with Crippen LogP contribution in [0.4, 0.5) is 16.2 Å². The number of benzene rings is 6. The molecular formula is C46H36ClN3O4. The van der Waals surface area contributed by atoms with Crippen LogP contribution in [-0.4, -0.2) is 30.9 Å². The number of rotatable bonds is 7. The first-order valence-corrected chi connectivity index (χ1v) is 18.6. The van der Waals surface area contributed by atoms with Gasteiger partial charge in [-0.25, -0.2) is 9.69 Å². The Morgan fingerprint density at radius 1 is 0.722 bits per heavy atom. The molecule has 0 radical (unpaired) electrons. The van der Waals surface area contributed by atoms with Crippen molar-refractivity contribution in [2.24, 2.45) is 0 Å². The van der Waals surface area contributed by atoms with Gasteiger partial charge in [-0.2, -0.15) is 0 Å². The van der Waals surface area contributed by atoms with Crippen molar-refractivity contribution in [3.05, 3.63) is 177 Å². The van der Waals surface area contributed by atoms with Gasteiger partial charge in [0.05, 0.1) is 5.69 Å². The fourth-order valence-corrected chi connectivity index (χ4v) is 8.42. The fourth-order valence-electron chi connectivity index (χ4n) is 8.30. The van der Waals surface area contributed by atoms with Crippen molar-refractivity contribution in [2.45, 2.75) is 31.3 Å². The molecule has 1 saturated heterocycles. The number of carbonyl (C=O) groups is 3. The molecule has 8 heteroatoms. The van der Waals surface area contributed by atoms with Gasteiger partial charge in [-0.3, -0.25) is 14.9 Å². The summed E-state index contributed by atoms with van der Waals surface area (Å²) in [5, 5.41) is 4.82. The third-order valence-electron chi connectivity index (χ3n) is 10.9. The second-order valence-corrected chi connectivity index (χ2v) is 14.5. The highest BCUT2D eigenvalue weighted by Crippen LogP contribution is 2.50. The molecule has 54 heavy (non-hydrogen) atoms. The van der Waals surface area contributed by atoms with Crippen molar-refractivity contribution < 1.29 is 19.1 Å². The lowest BCUT2D eigenvalue weighted by Gasteiger charge is -2.44. The van der Waals surface area contributed by atoms with E-state index in [0.29, 0.717) is 22.0 Å². The quantitative estimate of drug-likeness (QED) is 0.131. The summed E-state index contributed by atoms with van der Waals surface area (Å²) in [5.41, 5.74) is 7.46. The molecule has 0 aliphatic carbocycles. The van der Waals surface area contributed by atoms with E-state index in [1.165, 1.54) is 16.8 Å². The number of nitrogens with zero attached hydrogens (tertiary/aromatic N) is 2. The highest BCUT2D eigenvalue weighted by Gasteiger charge is 2.41. The molecule has 4 amide bonds. The first-order chi connectivity index (χ1) is 26.4. The maximum atomic E-state index is 14.7. The number of hydrogen-bond donors (Lipinski definition) is 1. The van der Waals surface area contributed by atoms with Crippen LogP contribution >= 0.6 is 11.6 Å². The molecule has 9 rings (SSSR count). The van der Waals surface area contributed by atoms with Gasteiger partial charge >= 0.3 is 6.03 Å². The molecule has 1 N–H and O–H groups in total. The Hall–Kier alpha value is -6.18. The molecule has 3 aliphatic heterocycles. The summed E-state index contributed by atoms with van der Waals surface area (Å²) in [6.45, 7) is 2.08. The van der Waals surface area contributed by atoms with Crippen molar-refractivity contribution in [1.29, 1.82) is 0 Å². The third kappa shape index (κ3) is 6.10. The van der Waals surface area contributed by atoms with Gasteiger partial charge in [0.2, 0.25) is 0 Å². The van der Waals surface area contributed by atoms with Crippen molar-refractivity contribution in [2.75, 3.05) is 22.9 Å². The van der Waals surface area contributed by atoms with Crippen LogP contribution in [0.25, 0.3) is 16.8 Å². The maximum absolute atomic E-state index is 14.7. The van der Waals surface area contributed by atoms with E-state index in [1.54, 1.807) is 18.2 Å². The van der Waals surface area contributed by atoms with Crippen LogP contribution in [0.3, 0.4) is 0 Å². The van der Waals surface area contributed by atoms with Crippen LogP contribution in [-0.2, 0) is 16.2 Å². The third-order valence-corrected chi connectivity index (χ3v) is 11.1. The predicted molar refractivity (Wildman–Crippen MR) is 213 cm³/mol. The van der Waals surface area contributed by atoms with Gasteiger partial charge < -0.3 is 9.64 Å². The number of nitrogens with one attached hydrogen (secondary N) is 1. The molecule has 0 aromatic heterocycles. The summed E-state index contributed by atoms with van der Waals surface area (Å²) in [4.78, 5) is 45.7. The average Bonchev–Trinajstić information content (AvgIpc) is 3.20. The summed E-state index contributed by atoms with van der Waals surface area (Å²) in [7, 11) is 0. The van der Waals surface area contributed by atoms with Crippen LogP contribution in [0.1, 0.15) is 58.1 Å². The molecular weight excluding hydrogens is 694 g/mol. The second-order valence-electron chi connectivity index (χ2n) is 14.0. The number of amides is 4. The minimum Gasteiger partial charge on any atom is -0.488 e. The number of fused-ring (bicyclic) bond motifs is 1. The zero-order valence-corrected chi connectivity index (χ0v) is 30.1. The van der Waals surface area contributed by atoms with Gasteiger partial charge in [0.15, 0.2) is 0 Å². The Balaban J connectivity index is 1.17. The number of imide groups is 2. The first-order valence-electron chi connectivity index (χ1n) is 18.3. The number of ether oxygens (including phenoxy) is 1. The summed E-state index contributed by atoms with van der Waals surface area (Å²) < 4.78 is 6.32. The van der Waals surface area contributed by atoms with Gasteiger partial charge in [-0.1, -0.05) is 115 Å². The van der Waals surface area contributed by atoms with E-state index in [9.17, 15) is 14.4 Å². The lowest BCUT2D eigenvalue weighted by Crippen LogP contribution is -2.54. The standard InChI is InChI=1S/C46H36ClN3O4/c47-33-18-15-29(16-19-33)28-54-42-20-17-32-13-7-8-14-35(32)38(42)27-41-44(51)48-46(53)50(45(41)52)34-25-39-36(30-9-3-1-4-10-30)21-23-49-24-22-37(40(26-34)43(39)49)31-11-5-2-6-12-31/h1-20,25-27,36-37H,21-24,28H2,(H,48,51,53)/b41-27+/t36-,37-/m0/s1. The van der Waals surface area contributed by atoms with E-state index in [2.05, 4.69) is 58.7 Å². The minimum absolute atomic E-state index is 0.0706. The van der Waals surface area contributed by atoms with E-state index >= 15 is 0 Å². The molecule has 0 bridgehead atoms. The molecule has 0 spiro atoms. The molecule has 7 nitrogen and oxygen atoms in total. The molecule has 6 aromatic carbocycles. The Morgan fingerprint density at radius 3 is 1.98 bits per heavy atom. The SMILES string of the molecule is O=C1NC(=O)N(c2cc3c4c(c2)[C@H](c2ccccc2)CCN4CC[C@H]3c2ccccc2)C(=O)/C1=C/c1c(OCc2ccc(Cl)cc2)ccc2ccccc12. The van der Waals surface area contributed by atoms with Crippen molar-refractivity contribution in [1.82, 2.24) is 5.32 Å². The average molecular weight is 730 g/mol. The Bertz CT molecular complexity index is 2390. The van der Waals surface area contributed by atoms with Crippen LogP contribution in [0.2, 0.25) is 5.02 Å². The molecule has 266 valence electrons. The minimum atomic E-state index is -0.776. The number of carbonyl (C=O) groups excluding carboxylic acids is 3. The van der Waals surface area contributed by atoms with Crippen LogP contribution in [0.5, 0.6) is 5.75 Å². The van der Waals surface area contributed by atoms with Crippen molar-refractivity contribution in [3.63, 3.8) is 0 Å². The summed E-state index contributed by atoms with van der Waals surface area (Å²) in [5.74, 6) is -0.811. The lowest BCUT2D eigenvalue weighted by atomic mass is 9.76. The smallest absolute Gasteiger partial charge is 0.335 e. The Labute approximate surface area is 318 Å². The summed E-state index contributed by atoms with van der Waals surface area (Å²) in [6, 6.07) is 42.9. The molecule has 6 aromatic rings. The molecule has 0 unspecified atom stereocenters. The predicted octanol–water partition coefficient (Wildman–Crippen LogP) is 9.62. The zero-order valence-electron chi connectivity index (χ0n) is 29.4. The molecule has 3 heterocycles. The number of halogens is 1. The van der Waals surface area contributed by atoms with Gasteiger partial charge in [-0.15, -0.1) is 0 Å². The number of barbiturate groups is 1. The summed E-state index contributed by atoms with van der Waals surface area (Å²) >= 11 is 6.10. The number of anilines is 2. The monoisotopic (exact) mass is 729 g/mol. The van der Waals surface area contributed by atoms with Gasteiger partial charge in [0.1, 0.15) is 17.9 Å². The first kappa shape index (κ1) is 33.6. The fraction of sp³-hybridized carbons (Fsp3) is 0.152. The van der Waals surface area contributed by atoms with Crippen LogP contribution in [0.15, 0.2) is 139 Å². The molecule has 2 atom stereocenters. The number of hydrogen-bond acceptors (Lipinski definition) is 5. The van der Waals surface area contributed by atoms with E-state index < -0.39 is 17.8 Å². The highest BCUT2D eigenvalue weighted by molar-refractivity contribution is 6.39. The lowest BCUT2D eigenvalue weighted by molar-refractivity contribution is -0.122. The topological polar surface area (TPSA) is 79.0 Å². The molecule has 0 saturated carbocycles. The normalized spacial score (nSPS) is 18.8. The van der Waals surface area contributed by atoms with Crippen molar-refractivity contribution >= 4 is 57.7 Å². The second kappa shape index (κ2) is 14.0. The summed E-state index contributed by atoms with van der Waals surface area (Å²) in [6.07, 6.45) is 3.36. The Morgan fingerprint density at radius 2 is 1.33 bits per heavy atom. The van der Waals surface area contributed by atoms with E-state index in [-0.39, 0.29) is 24.0 Å². The van der Waals surface area contributed by atoms with Gasteiger partial charge in [0, 0.05) is 41.2 Å². The van der Waals surface area contributed by atoms with Gasteiger partial charge in [-0.05, 0) is 87.8 Å².